The van der Waals surface area contributed by atoms with Crippen LogP contribution in [0.1, 0.15) is 34.5 Å². The third-order valence-corrected chi connectivity index (χ3v) is 5.81. The Labute approximate surface area is 174 Å². The Kier molecular flexibility index (Phi) is 5.44. The van der Waals surface area contributed by atoms with Crippen LogP contribution in [-0.4, -0.2) is 19.2 Å². The molecule has 28 heavy (non-hydrogen) atoms. The lowest BCUT2D eigenvalue weighted by atomic mass is 9.85. The summed E-state index contributed by atoms with van der Waals surface area (Å²) in [6.45, 7) is 0. The number of hydrogen-bond donors (Lipinski definition) is 1. The minimum Gasteiger partial charge on any atom is -0.493 e. The minimum absolute atomic E-state index is 0.0613. The second kappa shape index (κ2) is 8.00. The summed E-state index contributed by atoms with van der Waals surface area (Å²) >= 11 is 12.4. The molecule has 2 aromatic carbocycles. The Morgan fingerprint density at radius 2 is 1.75 bits per heavy atom. The number of halogens is 2. The quantitative estimate of drug-likeness (QED) is 0.621. The Morgan fingerprint density at radius 3 is 2.43 bits per heavy atom. The molecule has 0 amide bonds. The van der Waals surface area contributed by atoms with Gasteiger partial charge >= 0.3 is 0 Å². The second-order valence-electron chi connectivity index (χ2n) is 6.69. The lowest BCUT2D eigenvalue weighted by molar-refractivity contribution is 0.350. The highest BCUT2D eigenvalue weighted by Gasteiger charge is 2.30. The number of methoxy groups -OCH3 is 2. The van der Waals surface area contributed by atoms with Crippen molar-refractivity contribution in [3.05, 3.63) is 87.2 Å². The van der Waals surface area contributed by atoms with Gasteiger partial charge in [0.15, 0.2) is 11.5 Å². The van der Waals surface area contributed by atoms with Gasteiger partial charge in [0.25, 0.3) is 0 Å². The standard InChI is InChI=1S/C22H20Cl2N2O2/c1-27-20-11-14-10-19(18-5-3-4-8-25-18)26-22(15(14)12-21(20)28-2)13-6-7-16(23)17(24)9-13/h3-9,11-12,19,22,26H,10H2,1-2H3/t19-,22-/m0/s1. The number of benzene rings is 2. The first-order valence-electron chi connectivity index (χ1n) is 8.97. The number of ether oxygens (including phenoxy) is 2. The average molecular weight is 415 g/mol. The van der Waals surface area contributed by atoms with Gasteiger partial charge in [-0.25, -0.2) is 0 Å². The van der Waals surface area contributed by atoms with Gasteiger partial charge in [-0.1, -0.05) is 35.3 Å². The van der Waals surface area contributed by atoms with Gasteiger partial charge < -0.3 is 9.47 Å². The fourth-order valence-electron chi connectivity index (χ4n) is 3.69. The first-order chi connectivity index (χ1) is 13.6. The number of fused-ring (bicyclic) bond motifs is 1. The molecule has 4 nitrogen and oxygen atoms in total. The molecule has 0 radical (unpaired) electrons. The van der Waals surface area contributed by atoms with Crippen molar-refractivity contribution in [1.29, 1.82) is 0 Å². The zero-order valence-electron chi connectivity index (χ0n) is 15.6. The van der Waals surface area contributed by atoms with Crippen LogP contribution < -0.4 is 14.8 Å². The number of rotatable bonds is 4. The molecule has 1 aromatic heterocycles. The number of aromatic nitrogens is 1. The van der Waals surface area contributed by atoms with Gasteiger partial charge in [-0.3, -0.25) is 10.3 Å². The first-order valence-corrected chi connectivity index (χ1v) is 9.73. The second-order valence-corrected chi connectivity index (χ2v) is 7.50. The van der Waals surface area contributed by atoms with Crippen LogP contribution in [0.4, 0.5) is 0 Å². The normalized spacial score (nSPS) is 18.4. The van der Waals surface area contributed by atoms with Crippen molar-refractivity contribution in [2.75, 3.05) is 14.2 Å². The average Bonchev–Trinajstić information content (AvgIpc) is 2.74. The van der Waals surface area contributed by atoms with E-state index in [0.29, 0.717) is 15.8 Å². The van der Waals surface area contributed by atoms with Gasteiger partial charge in [-0.15, -0.1) is 0 Å². The van der Waals surface area contributed by atoms with Crippen molar-refractivity contribution in [3.63, 3.8) is 0 Å². The number of pyridine rings is 1. The van der Waals surface area contributed by atoms with E-state index in [2.05, 4.69) is 16.4 Å². The summed E-state index contributed by atoms with van der Waals surface area (Å²) in [6.07, 6.45) is 2.61. The van der Waals surface area contributed by atoms with Crippen LogP contribution in [0.2, 0.25) is 10.0 Å². The van der Waals surface area contributed by atoms with Crippen LogP contribution in [0.25, 0.3) is 0 Å². The fourth-order valence-corrected chi connectivity index (χ4v) is 4.00. The molecule has 0 bridgehead atoms. The third-order valence-electron chi connectivity index (χ3n) is 5.07. The molecule has 144 valence electrons. The molecule has 0 unspecified atom stereocenters. The topological polar surface area (TPSA) is 43.4 Å². The van der Waals surface area contributed by atoms with Gasteiger partial charge in [-0.2, -0.15) is 0 Å². The van der Waals surface area contributed by atoms with Gasteiger partial charge in [-0.05, 0) is 59.5 Å². The maximum Gasteiger partial charge on any atom is 0.161 e. The van der Waals surface area contributed by atoms with E-state index in [1.165, 1.54) is 5.56 Å². The Bertz CT molecular complexity index is 995. The molecule has 6 heteroatoms. The van der Waals surface area contributed by atoms with Crippen molar-refractivity contribution in [2.45, 2.75) is 18.5 Å². The Morgan fingerprint density at radius 1 is 0.964 bits per heavy atom. The summed E-state index contributed by atoms with van der Waals surface area (Å²) in [6, 6.07) is 15.7. The highest BCUT2D eigenvalue weighted by Crippen LogP contribution is 2.41. The predicted molar refractivity (Wildman–Crippen MR) is 112 cm³/mol. The molecule has 1 N–H and O–H groups in total. The molecule has 2 atom stereocenters. The van der Waals surface area contributed by atoms with Crippen LogP contribution >= 0.6 is 23.2 Å². The summed E-state index contributed by atoms with van der Waals surface area (Å²) in [4.78, 5) is 4.55. The minimum atomic E-state index is -0.0784. The van der Waals surface area contributed by atoms with Crippen LogP contribution in [-0.2, 0) is 6.42 Å². The molecule has 0 saturated carbocycles. The van der Waals surface area contributed by atoms with Crippen molar-refractivity contribution in [1.82, 2.24) is 10.3 Å². The fraction of sp³-hybridized carbons (Fsp3) is 0.227. The van der Waals surface area contributed by atoms with E-state index in [4.69, 9.17) is 32.7 Å². The van der Waals surface area contributed by atoms with Crippen molar-refractivity contribution < 1.29 is 9.47 Å². The third kappa shape index (κ3) is 3.55. The summed E-state index contributed by atoms with van der Waals surface area (Å²) in [7, 11) is 3.30. The number of nitrogens with zero attached hydrogens (tertiary/aromatic N) is 1. The highest BCUT2D eigenvalue weighted by atomic mass is 35.5. The highest BCUT2D eigenvalue weighted by molar-refractivity contribution is 6.42. The Balaban J connectivity index is 1.84. The van der Waals surface area contributed by atoms with E-state index in [1.54, 1.807) is 14.2 Å². The van der Waals surface area contributed by atoms with E-state index in [0.717, 1.165) is 29.0 Å². The van der Waals surface area contributed by atoms with E-state index in [-0.39, 0.29) is 12.1 Å². The zero-order valence-corrected chi connectivity index (χ0v) is 17.1. The van der Waals surface area contributed by atoms with E-state index in [9.17, 15) is 0 Å². The Hall–Kier alpha value is -2.27. The molecule has 0 saturated heterocycles. The summed E-state index contributed by atoms with van der Waals surface area (Å²) < 4.78 is 11.0. The van der Waals surface area contributed by atoms with Gasteiger partial charge in [0.1, 0.15) is 0 Å². The maximum absolute atomic E-state index is 6.30. The van der Waals surface area contributed by atoms with Gasteiger partial charge in [0.05, 0.1) is 42.0 Å². The molecule has 1 aliphatic heterocycles. The monoisotopic (exact) mass is 414 g/mol. The summed E-state index contributed by atoms with van der Waals surface area (Å²) in [5.41, 5.74) is 4.34. The van der Waals surface area contributed by atoms with E-state index in [1.807, 2.05) is 48.7 Å². The predicted octanol–water partition coefficient (Wildman–Crippen LogP) is 5.38. The first kappa shape index (κ1) is 19.1. The molecular formula is C22H20Cl2N2O2. The SMILES string of the molecule is COc1cc2c(cc1OC)[C@H](c1ccc(Cl)c(Cl)c1)N[C@H](c1ccccn1)C2. The van der Waals surface area contributed by atoms with Crippen LogP contribution in [0.15, 0.2) is 54.7 Å². The lowest BCUT2D eigenvalue weighted by Crippen LogP contribution is -2.34. The van der Waals surface area contributed by atoms with E-state index >= 15 is 0 Å². The van der Waals surface area contributed by atoms with Crippen LogP contribution in [0, 0.1) is 0 Å². The molecule has 0 aliphatic carbocycles. The zero-order chi connectivity index (χ0) is 19.7. The molecule has 1 aliphatic rings. The maximum atomic E-state index is 6.30. The van der Waals surface area contributed by atoms with Crippen LogP contribution in [0.5, 0.6) is 11.5 Å². The lowest BCUT2D eigenvalue weighted by Gasteiger charge is -2.34. The molecule has 4 rings (SSSR count). The van der Waals surface area contributed by atoms with Crippen molar-refractivity contribution in [2.24, 2.45) is 0 Å². The molecule has 3 aromatic rings. The summed E-state index contributed by atoms with van der Waals surface area (Å²) in [5, 5.41) is 4.78. The molecule has 0 spiro atoms. The van der Waals surface area contributed by atoms with E-state index < -0.39 is 0 Å². The molecule has 2 heterocycles. The summed E-state index contributed by atoms with van der Waals surface area (Å²) in [5.74, 6) is 1.42. The smallest absolute Gasteiger partial charge is 0.161 e. The van der Waals surface area contributed by atoms with Crippen molar-refractivity contribution in [3.8, 4) is 11.5 Å². The number of nitrogens with one attached hydrogen (secondary N) is 1. The van der Waals surface area contributed by atoms with Crippen LogP contribution in [0.3, 0.4) is 0 Å². The molecule has 0 fully saturated rings. The van der Waals surface area contributed by atoms with Gasteiger partial charge in [0, 0.05) is 6.20 Å². The number of hydrogen-bond acceptors (Lipinski definition) is 4. The largest absolute Gasteiger partial charge is 0.493 e. The molecular weight excluding hydrogens is 395 g/mol. The van der Waals surface area contributed by atoms with Gasteiger partial charge in [0.2, 0.25) is 0 Å². The van der Waals surface area contributed by atoms with Crippen molar-refractivity contribution >= 4 is 23.2 Å².